The van der Waals surface area contributed by atoms with Gasteiger partial charge in [0.15, 0.2) is 0 Å². The highest BCUT2D eigenvalue weighted by atomic mass is 79.9. The highest BCUT2D eigenvalue weighted by molar-refractivity contribution is 9.10. The van der Waals surface area contributed by atoms with E-state index in [9.17, 15) is 0 Å². The molecular formula is C12H10BrN3S. The molecule has 3 nitrogen and oxygen atoms in total. The third-order valence-corrected chi connectivity index (χ3v) is 4.24. The van der Waals surface area contributed by atoms with Gasteiger partial charge in [-0.2, -0.15) is 5.26 Å². The Hall–Kier alpha value is -1.51. The Bertz CT molecular complexity index is 571. The number of halogens is 1. The van der Waals surface area contributed by atoms with E-state index < -0.39 is 0 Å². The van der Waals surface area contributed by atoms with E-state index >= 15 is 0 Å². The number of hydrogen-bond acceptors (Lipinski definition) is 4. The average molecular weight is 308 g/mol. The van der Waals surface area contributed by atoms with Gasteiger partial charge in [-0.25, -0.2) is 0 Å². The van der Waals surface area contributed by atoms with Crippen molar-refractivity contribution in [1.82, 2.24) is 0 Å². The highest BCUT2D eigenvalue weighted by Gasteiger charge is 2.03. The molecule has 0 unspecified atom stereocenters. The molecule has 0 saturated heterocycles. The maximum atomic E-state index is 8.88. The highest BCUT2D eigenvalue weighted by Crippen LogP contribution is 2.24. The Labute approximate surface area is 112 Å². The fourth-order valence-electron chi connectivity index (χ4n) is 1.40. The van der Waals surface area contributed by atoms with Crippen LogP contribution < -0.4 is 11.1 Å². The maximum Gasteiger partial charge on any atom is 0.101 e. The molecule has 3 N–H and O–H groups in total. The second-order valence-corrected chi connectivity index (χ2v) is 5.31. The molecule has 2 aromatic rings. The normalized spacial score (nSPS) is 9.88. The van der Waals surface area contributed by atoms with E-state index in [1.165, 1.54) is 4.88 Å². The van der Waals surface area contributed by atoms with Crippen molar-refractivity contribution in [1.29, 1.82) is 5.26 Å². The van der Waals surface area contributed by atoms with Gasteiger partial charge in [0.25, 0.3) is 0 Å². The predicted molar refractivity (Wildman–Crippen MR) is 74.9 cm³/mol. The number of nitriles is 1. The minimum Gasteiger partial charge on any atom is -0.398 e. The van der Waals surface area contributed by atoms with Crippen molar-refractivity contribution >= 4 is 38.6 Å². The second kappa shape index (κ2) is 5.21. The summed E-state index contributed by atoms with van der Waals surface area (Å²) in [7, 11) is 0. The number of nitrogen functional groups attached to an aromatic ring is 1. The van der Waals surface area contributed by atoms with Gasteiger partial charge in [0.2, 0.25) is 0 Å². The molecule has 0 bridgehead atoms. The van der Waals surface area contributed by atoms with Gasteiger partial charge in [-0.1, -0.05) is 0 Å². The van der Waals surface area contributed by atoms with Gasteiger partial charge >= 0.3 is 0 Å². The molecule has 1 heterocycles. The van der Waals surface area contributed by atoms with Crippen LogP contribution in [0.3, 0.4) is 0 Å². The second-order valence-electron chi connectivity index (χ2n) is 3.46. The quantitative estimate of drug-likeness (QED) is 0.852. The minimum atomic E-state index is 0.500. The van der Waals surface area contributed by atoms with E-state index in [2.05, 4.69) is 27.3 Å². The molecule has 0 fully saturated rings. The lowest BCUT2D eigenvalue weighted by molar-refractivity contribution is 1.18. The van der Waals surface area contributed by atoms with E-state index in [0.717, 1.165) is 16.7 Å². The number of nitrogens with one attached hydrogen (secondary N) is 1. The molecule has 0 amide bonds. The van der Waals surface area contributed by atoms with Crippen LogP contribution in [0, 0.1) is 11.3 Å². The number of benzene rings is 1. The van der Waals surface area contributed by atoms with Crippen LogP contribution in [0.25, 0.3) is 0 Å². The molecule has 0 aliphatic heterocycles. The average Bonchev–Trinajstić information content (AvgIpc) is 2.74. The summed E-state index contributed by atoms with van der Waals surface area (Å²) < 4.78 is 1.10. The van der Waals surface area contributed by atoms with Gasteiger partial charge < -0.3 is 11.1 Å². The van der Waals surface area contributed by atoms with Crippen molar-refractivity contribution in [2.45, 2.75) is 6.54 Å². The summed E-state index contributed by atoms with van der Waals surface area (Å²) in [6, 6.07) is 9.46. The van der Waals surface area contributed by atoms with Crippen LogP contribution >= 0.6 is 27.3 Å². The van der Waals surface area contributed by atoms with Gasteiger partial charge in [-0.3, -0.25) is 0 Å². The van der Waals surface area contributed by atoms with E-state index in [1.807, 2.05) is 17.5 Å². The van der Waals surface area contributed by atoms with Crippen LogP contribution in [-0.4, -0.2) is 0 Å². The summed E-state index contributed by atoms with van der Waals surface area (Å²) in [6.45, 7) is 0.729. The number of thiophene rings is 1. The zero-order chi connectivity index (χ0) is 12.3. The topological polar surface area (TPSA) is 61.8 Å². The summed E-state index contributed by atoms with van der Waals surface area (Å²) in [5.74, 6) is 0. The standard InChI is InChI=1S/C12H10BrN3S/c13-10-3-4-17-12(10)7-16-9-1-2-11(15)8(5-9)6-14/h1-5,16H,7,15H2. The summed E-state index contributed by atoms with van der Waals surface area (Å²) in [4.78, 5) is 1.22. The SMILES string of the molecule is N#Cc1cc(NCc2sccc2Br)ccc1N. The van der Waals surface area contributed by atoms with Crippen LogP contribution in [0.15, 0.2) is 34.1 Å². The van der Waals surface area contributed by atoms with E-state index in [-0.39, 0.29) is 0 Å². The van der Waals surface area contributed by atoms with E-state index in [1.54, 1.807) is 23.5 Å². The fraction of sp³-hybridized carbons (Fsp3) is 0.0833. The van der Waals surface area contributed by atoms with Crippen molar-refractivity contribution in [2.24, 2.45) is 0 Å². The molecule has 1 aromatic carbocycles. The first-order valence-corrected chi connectivity index (χ1v) is 6.63. The van der Waals surface area contributed by atoms with Crippen molar-refractivity contribution < 1.29 is 0 Å². The van der Waals surface area contributed by atoms with Crippen LogP contribution in [0.2, 0.25) is 0 Å². The first kappa shape index (κ1) is 12.0. The maximum absolute atomic E-state index is 8.88. The molecule has 17 heavy (non-hydrogen) atoms. The van der Waals surface area contributed by atoms with E-state index in [4.69, 9.17) is 11.0 Å². The number of nitrogens with zero attached hydrogens (tertiary/aromatic N) is 1. The molecule has 0 spiro atoms. The molecule has 2 rings (SSSR count). The van der Waals surface area contributed by atoms with Crippen molar-refractivity contribution in [3.05, 3.63) is 44.6 Å². The minimum absolute atomic E-state index is 0.500. The lowest BCUT2D eigenvalue weighted by Crippen LogP contribution is -1.99. The largest absolute Gasteiger partial charge is 0.398 e. The number of hydrogen-bond donors (Lipinski definition) is 2. The van der Waals surface area contributed by atoms with Gasteiger partial charge in [0.1, 0.15) is 6.07 Å². The molecule has 86 valence electrons. The summed E-state index contributed by atoms with van der Waals surface area (Å²) >= 11 is 5.16. The molecule has 5 heteroatoms. The van der Waals surface area contributed by atoms with Crippen molar-refractivity contribution in [3.63, 3.8) is 0 Å². The predicted octanol–water partition coefficient (Wildman–Crippen LogP) is 3.58. The first-order valence-electron chi connectivity index (χ1n) is 4.96. The number of anilines is 2. The summed E-state index contributed by atoms with van der Waals surface area (Å²) in [5, 5.41) is 14.2. The first-order chi connectivity index (χ1) is 8.20. The third-order valence-electron chi connectivity index (χ3n) is 2.32. The Morgan fingerprint density at radius 1 is 1.41 bits per heavy atom. The Kier molecular flexibility index (Phi) is 3.67. The van der Waals surface area contributed by atoms with Crippen molar-refractivity contribution in [2.75, 3.05) is 11.1 Å². The van der Waals surface area contributed by atoms with E-state index in [0.29, 0.717) is 11.3 Å². The van der Waals surface area contributed by atoms with Crippen LogP contribution in [0.5, 0.6) is 0 Å². The Balaban J connectivity index is 2.10. The molecular weight excluding hydrogens is 298 g/mol. The molecule has 0 aliphatic carbocycles. The van der Waals surface area contributed by atoms with Crippen LogP contribution in [0.4, 0.5) is 11.4 Å². The Morgan fingerprint density at radius 3 is 2.88 bits per heavy atom. The molecule has 1 aromatic heterocycles. The molecule has 0 aliphatic rings. The fourth-order valence-corrected chi connectivity index (χ4v) is 2.83. The molecule has 0 atom stereocenters. The lowest BCUT2D eigenvalue weighted by atomic mass is 10.2. The smallest absolute Gasteiger partial charge is 0.101 e. The molecule has 0 radical (unpaired) electrons. The third kappa shape index (κ3) is 2.78. The summed E-state index contributed by atoms with van der Waals surface area (Å²) in [5.41, 5.74) is 7.57. The van der Waals surface area contributed by atoms with Gasteiger partial charge in [0.05, 0.1) is 12.1 Å². The number of nitrogens with two attached hydrogens (primary N) is 1. The lowest BCUT2D eigenvalue weighted by Gasteiger charge is -2.06. The van der Waals surface area contributed by atoms with Gasteiger partial charge in [-0.05, 0) is 45.6 Å². The monoisotopic (exact) mass is 307 g/mol. The van der Waals surface area contributed by atoms with Crippen LogP contribution in [-0.2, 0) is 6.54 Å². The van der Waals surface area contributed by atoms with Gasteiger partial charge in [-0.15, -0.1) is 11.3 Å². The van der Waals surface area contributed by atoms with Crippen LogP contribution in [0.1, 0.15) is 10.4 Å². The zero-order valence-electron chi connectivity index (χ0n) is 8.90. The molecule has 0 saturated carbocycles. The zero-order valence-corrected chi connectivity index (χ0v) is 11.3. The Morgan fingerprint density at radius 2 is 2.24 bits per heavy atom. The van der Waals surface area contributed by atoms with Gasteiger partial charge in [0, 0.05) is 20.7 Å². The number of rotatable bonds is 3. The summed E-state index contributed by atoms with van der Waals surface area (Å²) in [6.07, 6.45) is 0. The van der Waals surface area contributed by atoms with Crippen molar-refractivity contribution in [3.8, 4) is 6.07 Å².